The van der Waals surface area contributed by atoms with Gasteiger partial charge in [-0.1, -0.05) is 18.2 Å². The molecular formula is C25H27KN4O6S. The van der Waals surface area contributed by atoms with Crippen LogP contribution < -0.4 is 70.9 Å². The minimum Gasteiger partial charge on any atom is -1.00 e. The Kier molecular flexibility index (Phi) is 10.7. The van der Waals surface area contributed by atoms with Crippen LogP contribution in [0.2, 0.25) is 0 Å². The molecule has 4 N–H and O–H groups in total. The molecule has 0 aliphatic heterocycles. The molecule has 0 fully saturated rings. The molecule has 1 aromatic heterocycles. The van der Waals surface area contributed by atoms with Crippen molar-refractivity contribution < 1.29 is 80.9 Å². The van der Waals surface area contributed by atoms with Crippen molar-refractivity contribution in [3.63, 3.8) is 0 Å². The third-order valence-electron chi connectivity index (χ3n) is 5.25. The summed E-state index contributed by atoms with van der Waals surface area (Å²) in [6.07, 6.45) is 0.374. The second kappa shape index (κ2) is 13.5. The van der Waals surface area contributed by atoms with Crippen molar-refractivity contribution in [2.24, 2.45) is 0 Å². The molecule has 4 rings (SSSR count). The summed E-state index contributed by atoms with van der Waals surface area (Å²) in [4.78, 5) is 9.12. The molecule has 0 spiro atoms. The number of methoxy groups -OCH3 is 1. The molecule has 190 valence electrons. The maximum atomic E-state index is 13.2. The summed E-state index contributed by atoms with van der Waals surface area (Å²) >= 11 is 0. The minimum atomic E-state index is -4.03. The zero-order chi connectivity index (χ0) is 25.5. The molecule has 10 nitrogen and oxygen atoms in total. The van der Waals surface area contributed by atoms with E-state index >= 15 is 0 Å². The first-order chi connectivity index (χ1) is 17.4. The van der Waals surface area contributed by atoms with Crippen LogP contribution in [-0.4, -0.2) is 55.5 Å². The van der Waals surface area contributed by atoms with Gasteiger partial charge in [-0.2, -0.15) is 0 Å². The summed E-state index contributed by atoms with van der Waals surface area (Å²) in [6, 6.07) is 18.3. The van der Waals surface area contributed by atoms with Crippen LogP contribution in [0.15, 0.2) is 71.6 Å². The van der Waals surface area contributed by atoms with Crippen LogP contribution in [0.3, 0.4) is 0 Å². The zero-order valence-corrected chi connectivity index (χ0v) is 24.4. The standard InChI is InChI=1S/C25H26N4O6S.K.H/c1-34-19-7-6-17(12-13-30)23(16-19)28-24-25(27-22-5-3-2-4-21(22)26-24)29-36(32,33)20-10-8-18(9-11-20)35-15-14-31;;/h2-11,16,30-31H,12-15H2,1H3,(H,26,28)(H,27,29);;/q;+1;-1. The Hall–Kier alpha value is -2.29. The summed E-state index contributed by atoms with van der Waals surface area (Å²) in [5.41, 5.74) is 2.47. The molecule has 0 unspecified atom stereocenters. The predicted octanol–water partition coefficient (Wildman–Crippen LogP) is 0.205. The van der Waals surface area contributed by atoms with E-state index in [1.54, 1.807) is 37.4 Å². The number of aliphatic hydroxyl groups excluding tert-OH is 2. The topological polar surface area (TPSA) is 143 Å². The number of hydrogen-bond donors (Lipinski definition) is 4. The smallest absolute Gasteiger partial charge is 1.00 e. The van der Waals surface area contributed by atoms with Gasteiger partial charge in [0.2, 0.25) is 0 Å². The van der Waals surface area contributed by atoms with Crippen molar-refractivity contribution >= 4 is 38.4 Å². The van der Waals surface area contributed by atoms with E-state index in [0.717, 1.165) is 5.56 Å². The number of para-hydroxylation sites is 2. The maximum Gasteiger partial charge on any atom is 1.00 e. The number of aromatic nitrogens is 2. The Labute approximate surface area is 259 Å². The van der Waals surface area contributed by atoms with Crippen LogP contribution in [0.1, 0.15) is 6.99 Å². The number of benzene rings is 3. The first kappa shape index (κ1) is 29.3. The molecule has 0 atom stereocenters. The van der Waals surface area contributed by atoms with Gasteiger partial charge in [0, 0.05) is 18.4 Å². The van der Waals surface area contributed by atoms with E-state index in [1.165, 1.54) is 24.3 Å². The molecule has 1 heterocycles. The largest absolute Gasteiger partial charge is 1.00 e. The molecule has 3 aromatic carbocycles. The van der Waals surface area contributed by atoms with Gasteiger partial charge >= 0.3 is 51.4 Å². The third kappa shape index (κ3) is 7.39. The molecule has 37 heavy (non-hydrogen) atoms. The maximum absolute atomic E-state index is 13.2. The molecule has 0 aliphatic rings. The second-order valence-electron chi connectivity index (χ2n) is 7.68. The SMILES string of the molecule is COc1ccc(CCO)c(Nc2nc3ccccc3nc2NS(=O)(=O)c2ccc(OCCO)cc2)c1.[H-].[K+]. The van der Waals surface area contributed by atoms with Gasteiger partial charge < -0.3 is 26.4 Å². The first-order valence-electron chi connectivity index (χ1n) is 11.1. The summed E-state index contributed by atoms with van der Waals surface area (Å²) in [6.45, 7) is -0.109. The zero-order valence-electron chi connectivity index (χ0n) is 21.5. The summed E-state index contributed by atoms with van der Waals surface area (Å²) in [5.74, 6) is 1.21. The predicted molar refractivity (Wildman–Crippen MR) is 138 cm³/mol. The van der Waals surface area contributed by atoms with Crippen LogP contribution in [0.25, 0.3) is 11.0 Å². The Morgan fingerprint density at radius 1 is 0.892 bits per heavy atom. The van der Waals surface area contributed by atoms with Crippen molar-refractivity contribution in [1.29, 1.82) is 0 Å². The van der Waals surface area contributed by atoms with Crippen molar-refractivity contribution in [3.8, 4) is 11.5 Å². The van der Waals surface area contributed by atoms with Crippen LogP contribution >= 0.6 is 0 Å². The van der Waals surface area contributed by atoms with E-state index in [4.69, 9.17) is 14.6 Å². The van der Waals surface area contributed by atoms with E-state index in [-0.39, 0.29) is 89.2 Å². The number of aliphatic hydroxyl groups is 2. The number of sulfonamides is 1. The molecule has 4 aromatic rings. The molecule has 0 saturated heterocycles. The monoisotopic (exact) mass is 550 g/mol. The summed E-state index contributed by atoms with van der Waals surface area (Å²) < 4.78 is 39.6. The first-order valence-corrected chi connectivity index (χ1v) is 12.6. The van der Waals surface area contributed by atoms with E-state index in [0.29, 0.717) is 34.6 Å². The Bertz CT molecular complexity index is 1460. The van der Waals surface area contributed by atoms with E-state index in [9.17, 15) is 13.5 Å². The average molecular weight is 551 g/mol. The molecule has 0 bridgehead atoms. The molecule has 0 aliphatic carbocycles. The van der Waals surface area contributed by atoms with Gasteiger partial charge in [-0.25, -0.2) is 18.4 Å². The van der Waals surface area contributed by atoms with E-state index in [2.05, 4.69) is 20.0 Å². The fraction of sp³-hybridized carbons (Fsp3) is 0.200. The fourth-order valence-corrected chi connectivity index (χ4v) is 4.50. The van der Waals surface area contributed by atoms with Gasteiger partial charge in [0.25, 0.3) is 10.0 Å². The van der Waals surface area contributed by atoms with Crippen molar-refractivity contribution in [2.45, 2.75) is 11.3 Å². The Morgan fingerprint density at radius 2 is 1.54 bits per heavy atom. The van der Waals surface area contributed by atoms with Crippen LogP contribution in [0.5, 0.6) is 11.5 Å². The second-order valence-corrected chi connectivity index (χ2v) is 9.36. The van der Waals surface area contributed by atoms with Gasteiger partial charge in [0.05, 0.1) is 29.6 Å². The number of anilines is 3. The molecule has 12 heteroatoms. The number of nitrogens with zero attached hydrogens (tertiary/aromatic N) is 2. The van der Waals surface area contributed by atoms with Crippen LogP contribution in [0, 0.1) is 0 Å². The average Bonchev–Trinajstić information content (AvgIpc) is 2.89. The van der Waals surface area contributed by atoms with E-state index < -0.39 is 10.0 Å². The van der Waals surface area contributed by atoms with Crippen molar-refractivity contribution in [2.75, 3.05) is 37.0 Å². The van der Waals surface area contributed by atoms with Gasteiger partial charge in [-0.15, -0.1) is 0 Å². The molecule has 0 saturated carbocycles. The van der Waals surface area contributed by atoms with Crippen LogP contribution in [0.4, 0.5) is 17.3 Å². The Balaban J connectivity index is 0.00000253. The Morgan fingerprint density at radius 3 is 2.16 bits per heavy atom. The van der Waals surface area contributed by atoms with Crippen LogP contribution in [-0.2, 0) is 16.4 Å². The molecular weight excluding hydrogens is 523 g/mol. The summed E-state index contributed by atoms with van der Waals surface area (Å²) in [7, 11) is -2.49. The van der Waals surface area contributed by atoms with Crippen molar-refractivity contribution in [1.82, 2.24) is 9.97 Å². The summed E-state index contributed by atoms with van der Waals surface area (Å²) in [5, 5.41) is 21.5. The quantitative estimate of drug-likeness (QED) is 0.193. The number of nitrogens with one attached hydrogen (secondary N) is 2. The molecule has 0 radical (unpaired) electrons. The van der Waals surface area contributed by atoms with Gasteiger partial charge in [0.15, 0.2) is 11.6 Å². The van der Waals surface area contributed by atoms with Gasteiger partial charge in [-0.3, -0.25) is 4.72 Å². The third-order valence-corrected chi connectivity index (χ3v) is 6.60. The number of ether oxygens (including phenoxy) is 2. The number of fused-ring (bicyclic) bond motifs is 1. The van der Waals surface area contributed by atoms with Gasteiger partial charge in [-0.05, 0) is 54.4 Å². The van der Waals surface area contributed by atoms with Gasteiger partial charge in [0.1, 0.15) is 18.1 Å². The molecule has 0 amide bonds. The number of hydrogen-bond acceptors (Lipinski definition) is 9. The fourth-order valence-electron chi connectivity index (χ4n) is 3.49. The minimum absolute atomic E-state index is 0. The number of rotatable bonds is 11. The normalized spacial score (nSPS) is 11.0. The van der Waals surface area contributed by atoms with E-state index in [1.807, 2.05) is 12.1 Å². The van der Waals surface area contributed by atoms with Crippen molar-refractivity contribution in [3.05, 3.63) is 72.3 Å².